The van der Waals surface area contributed by atoms with Crippen LogP contribution in [0.1, 0.15) is 43.4 Å². The van der Waals surface area contributed by atoms with E-state index < -0.39 is 23.3 Å². The van der Waals surface area contributed by atoms with Crippen LogP contribution in [0, 0.1) is 28.8 Å². The summed E-state index contributed by atoms with van der Waals surface area (Å²) in [5.74, 6) is -1.67. The third-order valence-electron chi connectivity index (χ3n) is 6.39. The number of carbonyl (C=O) groups is 1. The maximum absolute atomic E-state index is 14.1. The van der Waals surface area contributed by atoms with Crippen molar-refractivity contribution in [3.8, 4) is 17.2 Å². The average Bonchev–Trinajstić information content (AvgIpc) is 2.83. The van der Waals surface area contributed by atoms with Crippen molar-refractivity contribution in [1.29, 1.82) is 5.26 Å². The first-order chi connectivity index (χ1) is 16.3. The van der Waals surface area contributed by atoms with E-state index in [0.29, 0.717) is 36.1 Å². The second kappa shape index (κ2) is 9.60. The predicted octanol–water partition coefficient (Wildman–Crippen LogP) is 6.87. The molecule has 0 aliphatic carbocycles. The van der Waals surface area contributed by atoms with E-state index in [1.54, 1.807) is 41.3 Å². The molecule has 0 bridgehead atoms. The van der Waals surface area contributed by atoms with E-state index in [9.17, 15) is 18.0 Å². The van der Waals surface area contributed by atoms with Crippen molar-refractivity contribution in [2.45, 2.75) is 37.8 Å². The zero-order chi connectivity index (χ0) is 24.3. The van der Waals surface area contributed by atoms with Crippen LogP contribution in [-0.4, -0.2) is 17.5 Å². The summed E-state index contributed by atoms with van der Waals surface area (Å²) in [4.78, 5) is 14.7. The number of benzene rings is 3. The molecule has 1 heterocycles. The van der Waals surface area contributed by atoms with Crippen molar-refractivity contribution in [3.05, 3.63) is 95.3 Å². The van der Waals surface area contributed by atoms with Crippen LogP contribution in [0.3, 0.4) is 0 Å². The summed E-state index contributed by atoms with van der Waals surface area (Å²) in [5, 5.41) is 9.09. The van der Waals surface area contributed by atoms with Crippen LogP contribution in [-0.2, 0) is 10.3 Å². The Morgan fingerprint density at radius 2 is 1.71 bits per heavy atom. The van der Waals surface area contributed by atoms with Crippen LogP contribution in [0.2, 0.25) is 0 Å². The molecule has 3 aromatic carbocycles. The van der Waals surface area contributed by atoms with E-state index in [-0.39, 0.29) is 18.3 Å². The molecule has 1 aliphatic heterocycles. The van der Waals surface area contributed by atoms with E-state index in [2.05, 4.69) is 6.07 Å². The van der Waals surface area contributed by atoms with Gasteiger partial charge in [-0.05, 0) is 47.9 Å². The number of nitrogens with zero attached hydrogens (tertiary/aromatic N) is 2. The zero-order valence-electron chi connectivity index (χ0n) is 18.6. The predicted molar refractivity (Wildman–Crippen MR) is 121 cm³/mol. The molecule has 34 heavy (non-hydrogen) atoms. The fourth-order valence-electron chi connectivity index (χ4n) is 4.40. The molecule has 0 saturated carbocycles. The topological polar surface area (TPSA) is 53.3 Å². The molecule has 3 aromatic rings. The first kappa shape index (κ1) is 23.4. The van der Waals surface area contributed by atoms with Gasteiger partial charge in [-0.2, -0.15) is 5.26 Å². The van der Waals surface area contributed by atoms with Crippen LogP contribution < -0.4 is 0 Å². The van der Waals surface area contributed by atoms with E-state index >= 15 is 0 Å². The molecule has 0 radical (unpaired) electrons. The Bertz CT molecular complexity index is 1220. The summed E-state index contributed by atoms with van der Waals surface area (Å²) in [6.07, 6.45) is 0.451. The minimum Gasteiger partial charge on any atom is -0.438 e. The molecule has 0 spiro atoms. The molecule has 2 atom stereocenters. The fraction of sp³-hybridized carbons (Fsp3) is 0.259. The number of hydrogen-bond acceptors (Lipinski definition) is 3. The molecule has 1 unspecified atom stereocenters. The Morgan fingerprint density at radius 1 is 1.03 bits per heavy atom. The Kier molecular flexibility index (Phi) is 6.60. The number of rotatable bonds is 6. The van der Waals surface area contributed by atoms with Crippen LogP contribution in [0.4, 0.5) is 18.0 Å². The van der Waals surface area contributed by atoms with Crippen molar-refractivity contribution < 1.29 is 22.7 Å². The molecule has 7 heteroatoms. The minimum atomic E-state index is -0.985. The third kappa shape index (κ3) is 4.62. The van der Waals surface area contributed by atoms with Crippen molar-refractivity contribution in [2.75, 3.05) is 6.54 Å². The van der Waals surface area contributed by atoms with Gasteiger partial charge in [0, 0.05) is 37.4 Å². The number of carbonyl (C=O) groups excluding carboxylic acids is 1. The number of cyclic esters (lactones) is 1. The lowest BCUT2D eigenvalue weighted by molar-refractivity contribution is -0.0647. The highest BCUT2D eigenvalue weighted by atomic mass is 19.1. The lowest BCUT2D eigenvalue weighted by Gasteiger charge is -2.43. The zero-order valence-corrected chi connectivity index (χ0v) is 18.6. The molecule has 174 valence electrons. The monoisotopic (exact) mass is 464 g/mol. The van der Waals surface area contributed by atoms with Crippen LogP contribution in [0.25, 0.3) is 11.1 Å². The minimum absolute atomic E-state index is 0.196. The molecule has 1 aliphatic rings. The maximum atomic E-state index is 14.1. The summed E-state index contributed by atoms with van der Waals surface area (Å²) in [5.41, 5.74) is 1.40. The van der Waals surface area contributed by atoms with Gasteiger partial charge in [0.2, 0.25) is 0 Å². The van der Waals surface area contributed by atoms with Gasteiger partial charge in [-0.3, -0.25) is 0 Å². The fourth-order valence-corrected chi connectivity index (χ4v) is 4.40. The Morgan fingerprint density at radius 3 is 2.32 bits per heavy atom. The van der Waals surface area contributed by atoms with Crippen LogP contribution in [0.5, 0.6) is 0 Å². The molecular weight excluding hydrogens is 441 g/mol. The largest absolute Gasteiger partial charge is 0.438 e. The van der Waals surface area contributed by atoms with E-state index in [1.165, 1.54) is 24.3 Å². The highest BCUT2D eigenvalue weighted by Crippen LogP contribution is 2.40. The third-order valence-corrected chi connectivity index (χ3v) is 6.39. The lowest BCUT2D eigenvalue weighted by atomic mass is 9.84. The van der Waals surface area contributed by atoms with E-state index in [4.69, 9.17) is 10.00 Å². The second-order valence-corrected chi connectivity index (χ2v) is 8.39. The Balaban J connectivity index is 1.52. The highest BCUT2D eigenvalue weighted by Gasteiger charge is 2.43. The van der Waals surface area contributed by atoms with Gasteiger partial charge in [0.15, 0.2) is 0 Å². The highest BCUT2D eigenvalue weighted by molar-refractivity contribution is 5.70. The second-order valence-electron chi connectivity index (χ2n) is 8.39. The van der Waals surface area contributed by atoms with E-state index in [1.807, 2.05) is 6.92 Å². The van der Waals surface area contributed by atoms with Crippen LogP contribution in [0.15, 0.2) is 66.7 Å². The molecule has 1 fully saturated rings. The summed E-state index contributed by atoms with van der Waals surface area (Å²) >= 11 is 0. The molecule has 4 rings (SSSR count). The van der Waals surface area contributed by atoms with Gasteiger partial charge in [0.1, 0.15) is 23.1 Å². The maximum Gasteiger partial charge on any atom is 0.411 e. The van der Waals surface area contributed by atoms with Gasteiger partial charge < -0.3 is 9.64 Å². The lowest BCUT2D eigenvalue weighted by Crippen LogP contribution is -2.48. The van der Waals surface area contributed by atoms with Gasteiger partial charge in [-0.25, -0.2) is 18.0 Å². The summed E-state index contributed by atoms with van der Waals surface area (Å²) < 4.78 is 46.7. The van der Waals surface area contributed by atoms with Gasteiger partial charge >= 0.3 is 6.09 Å². The number of ether oxygens (including phenoxy) is 1. The number of halogens is 3. The van der Waals surface area contributed by atoms with Gasteiger partial charge in [-0.15, -0.1) is 0 Å². The van der Waals surface area contributed by atoms with Crippen LogP contribution >= 0.6 is 0 Å². The molecule has 0 aromatic heterocycles. The normalized spacial score (nSPS) is 18.8. The van der Waals surface area contributed by atoms with Gasteiger partial charge in [0.25, 0.3) is 0 Å². The summed E-state index contributed by atoms with van der Waals surface area (Å²) in [6, 6.07) is 18.1. The molecule has 0 N–H and O–H groups in total. The number of amides is 1. The Hall–Kier alpha value is -3.79. The first-order valence-electron chi connectivity index (χ1n) is 11.0. The average molecular weight is 464 g/mol. The van der Waals surface area contributed by atoms with E-state index in [0.717, 1.165) is 11.6 Å². The SMILES string of the molecule is C[C@@H](c1ccc(-c2ccc(F)cc2F)cc1)N1CCC(CCC#N)(c2ccc(F)cc2)OC1=O. The quantitative estimate of drug-likeness (QED) is 0.400. The van der Waals surface area contributed by atoms with Gasteiger partial charge in [-0.1, -0.05) is 36.4 Å². The first-order valence-corrected chi connectivity index (χ1v) is 11.0. The Labute approximate surface area is 196 Å². The molecule has 1 amide bonds. The van der Waals surface area contributed by atoms with Gasteiger partial charge in [0.05, 0.1) is 12.1 Å². The molecule has 1 saturated heterocycles. The summed E-state index contributed by atoms with van der Waals surface area (Å²) in [7, 11) is 0. The number of hydrogen-bond donors (Lipinski definition) is 0. The van der Waals surface area contributed by atoms with Crippen molar-refractivity contribution in [3.63, 3.8) is 0 Å². The van der Waals surface area contributed by atoms with Crippen molar-refractivity contribution in [2.24, 2.45) is 0 Å². The smallest absolute Gasteiger partial charge is 0.411 e. The molecule has 4 nitrogen and oxygen atoms in total. The van der Waals surface area contributed by atoms with Crippen molar-refractivity contribution >= 4 is 6.09 Å². The van der Waals surface area contributed by atoms with Crippen molar-refractivity contribution in [1.82, 2.24) is 4.90 Å². The summed E-state index contributed by atoms with van der Waals surface area (Å²) in [6.45, 7) is 2.26. The number of nitriles is 1. The molecular formula is C27H23F3N2O2. The standard InChI is InChI=1S/C27H23F3N2O2/c1-18(19-3-5-20(6-4-19)24-12-11-23(29)17-25(24)30)32-16-14-27(13-2-15-31,34-26(32)33)21-7-9-22(28)10-8-21/h3-12,17-18H,2,13-14,16H2,1H3/t18-,27?/m0/s1.